The van der Waals surface area contributed by atoms with E-state index < -0.39 is 0 Å². The first-order valence-electron chi connectivity index (χ1n) is 8.11. The Hall–Kier alpha value is -1.17. The molecule has 0 aliphatic heterocycles. The highest BCUT2D eigenvalue weighted by Gasteiger charge is 2.17. The van der Waals surface area contributed by atoms with Gasteiger partial charge in [-0.1, -0.05) is 36.7 Å². The zero-order valence-electron chi connectivity index (χ0n) is 14.0. The first-order chi connectivity index (χ1) is 12.1. The second-order valence-electron chi connectivity index (χ2n) is 5.40. The molecule has 0 heterocycles. The van der Waals surface area contributed by atoms with Crippen LogP contribution in [0.2, 0.25) is 5.02 Å². The van der Waals surface area contributed by atoms with E-state index in [1.807, 2.05) is 37.3 Å². The molecule has 6 heteroatoms. The number of carbonyl (C=O) groups is 1. The molecule has 0 unspecified atom stereocenters. The maximum absolute atomic E-state index is 13.5. The van der Waals surface area contributed by atoms with Crippen LogP contribution in [0, 0.1) is 5.82 Å². The minimum absolute atomic E-state index is 0.0361. The van der Waals surface area contributed by atoms with Gasteiger partial charge in [-0.3, -0.25) is 4.79 Å². The van der Waals surface area contributed by atoms with Crippen molar-refractivity contribution in [1.82, 2.24) is 5.32 Å². The fraction of sp³-hybridized carbons (Fsp3) is 0.316. The van der Waals surface area contributed by atoms with Crippen molar-refractivity contribution in [3.8, 4) is 0 Å². The molecule has 1 atom stereocenters. The fourth-order valence-electron chi connectivity index (χ4n) is 2.16. The summed E-state index contributed by atoms with van der Waals surface area (Å²) in [5.74, 6) is 1.22. The first-order valence-corrected chi connectivity index (χ1v) is 10.5. The molecule has 0 aliphatic rings. The average molecular weight is 398 g/mol. The molecule has 2 nitrogen and oxygen atoms in total. The molecule has 2 aromatic carbocycles. The van der Waals surface area contributed by atoms with E-state index in [-0.39, 0.29) is 17.0 Å². The van der Waals surface area contributed by atoms with E-state index in [2.05, 4.69) is 5.32 Å². The SMILES string of the molecule is CC[C@@H](Sc1ccc(Cl)cc1)C(=O)NCCSCc1ccccc1F. The number of hydrogen-bond donors (Lipinski definition) is 1. The van der Waals surface area contributed by atoms with Gasteiger partial charge in [0.15, 0.2) is 0 Å². The lowest BCUT2D eigenvalue weighted by Crippen LogP contribution is -2.33. The first kappa shape index (κ1) is 20.1. The number of hydrogen-bond acceptors (Lipinski definition) is 3. The summed E-state index contributed by atoms with van der Waals surface area (Å²) < 4.78 is 13.5. The van der Waals surface area contributed by atoms with E-state index in [4.69, 9.17) is 11.6 Å². The summed E-state index contributed by atoms with van der Waals surface area (Å²) >= 11 is 9.03. The third kappa shape index (κ3) is 6.92. The predicted molar refractivity (Wildman–Crippen MR) is 107 cm³/mol. The largest absolute Gasteiger partial charge is 0.354 e. The Morgan fingerprint density at radius 2 is 1.92 bits per heavy atom. The number of halogens is 2. The number of rotatable bonds is 9. The Labute approximate surface area is 161 Å². The van der Waals surface area contributed by atoms with Crippen LogP contribution < -0.4 is 5.32 Å². The molecular weight excluding hydrogens is 377 g/mol. The van der Waals surface area contributed by atoms with Crippen LogP contribution in [-0.2, 0) is 10.5 Å². The lowest BCUT2D eigenvalue weighted by Gasteiger charge is -2.14. The number of benzene rings is 2. The number of carbonyl (C=O) groups excluding carboxylic acids is 1. The van der Waals surface area contributed by atoms with Crippen LogP contribution in [0.5, 0.6) is 0 Å². The minimum Gasteiger partial charge on any atom is -0.354 e. The second-order valence-corrected chi connectivity index (χ2v) is 8.22. The highest BCUT2D eigenvalue weighted by atomic mass is 35.5. The van der Waals surface area contributed by atoms with E-state index >= 15 is 0 Å². The minimum atomic E-state index is -0.176. The van der Waals surface area contributed by atoms with E-state index in [0.717, 1.165) is 17.1 Å². The molecular formula is C19H21ClFNOS2. The highest BCUT2D eigenvalue weighted by molar-refractivity contribution is 8.00. The van der Waals surface area contributed by atoms with Crippen molar-refractivity contribution in [3.63, 3.8) is 0 Å². The van der Waals surface area contributed by atoms with Gasteiger partial charge in [0.25, 0.3) is 0 Å². The van der Waals surface area contributed by atoms with Crippen LogP contribution in [0.1, 0.15) is 18.9 Å². The van der Waals surface area contributed by atoms with Crippen LogP contribution in [0.4, 0.5) is 4.39 Å². The van der Waals surface area contributed by atoms with E-state index in [0.29, 0.717) is 22.9 Å². The zero-order valence-corrected chi connectivity index (χ0v) is 16.4. The van der Waals surface area contributed by atoms with Gasteiger partial charge in [0.1, 0.15) is 5.82 Å². The zero-order chi connectivity index (χ0) is 18.1. The molecule has 1 amide bonds. The fourth-order valence-corrected chi connectivity index (χ4v) is 4.11. The molecule has 0 saturated heterocycles. The van der Waals surface area contributed by atoms with Gasteiger partial charge in [0.2, 0.25) is 5.91 Å². The molecule has 0 bridgehead atoms. The van der Waals surface area contributed by atoms with Crippen LogP contribution in [0.25, 0.3) is 0 Å². The van der Waals surface area contributed by atoms with Gasteiger partial charge in [0.05, 0.1) is 5.25 Å². The van der Waals surface area contributed by atoms with E-state index in [1.165, 1.54) is 6.07 Å². The molecule has 2 rings (SSSR count). The highest BCUT2D eigenvalue weighted by Crippen LogP contribution is 2.26. The molecule has 0 spiro atoms. The number of amides is 1. The van der Waals surface area contributed by atoms with Gasteiger partial charge in [-0.05, 0) is 42.3 Å². The smallest absolute Gasteiger partial charge is 0.233 e. The van der Waals surface area contributed by atoms with Gasteiger partial charge < -0.3 is 5.32 Å². The van der Waals surface area contributed by atoms with Crippen molar-refractivity contribution in [2.45, 2.75) is 29.2 Å². The molecule has 0 aromatic heterocycles. The quantitative estimate of drug-likeness (QED) is 0.453. The van der Waals surface area contributed by atoms with E-state index in [1.54, 1.807) is 35.7 Å². The molecule has 2 aromatic rings. The Morgan fingerprint density at radius 1 is 1.20 bits per heavy atom. The van der Waals surface area contributed by atoms with Gasteiger partial charge in [-0.15, -0.1) is 11.8 Å². The number of nitrogens with one attached hydrogen (secondary N) is 1. The molecule has 0 aliphatic carbocycles. The molecule has 0 saturated carbocycles. The average Bonchev–Trinajstić information content (AvgIpc) is 2.62. The van der Waals surface area contributed by atoms with Crippen molar-refractivity contribution in [3.05, 3.63) is 64.9 Å². The Kier molecular flexibility index (Phi) is 8.65. The third-order valence-electron chi connectivity index (χ3n) is 3.52. The lowest BCUT2D eigenvalue weighted by atomic mass is 10.2. The molecule has 134 valence electrons. The summed E-state index contributed by atoms with van der Waals surface area (Å²) in [5.41, 5.74) is 0.698. The summed E-state index contributed by atoms with van der Waals surface area (Å²) in [5, 5.41) is 3.53. The third-order valence-corrected chi connectivity index (χ3v) is 6.15. The Balaban J connectivity index is 1.71. The van der Waals surface area contributed by atoms with Crippen LogP contribution in [0.3, 0.4) is 0 Å². The normalized spacial score (nSPS) is 12.0. The molecule has 25 heavy (non-hydrogen) atoms. The van der Waals surface area contributed by atoms with Gasteiger partial charge in [0, 0.05) is 28.0 Å². The van der Waals surface area contributed by atoms with Gasteiger partial charge in [-0.25, -0.2) is 4.39 Å². The van der Waals surface area contributed by atoms with Gasteiger partial charge in [-0.2, -0.15) is 11.8 Å². The maximum atomic E-state index is 13.5. The van der Waals surface area contributed by atoms with Crippen molar-refractivity contribution >= 4 is 41.0 Å². The lowest BCUT2D eigenvalue weighted by molar-refractivity contribution is -0.120. The Morgan fingerprint density at radius 3 is 2.60 bits per heavy atom. The van der Waals surface area contributed by atoms with Gasteiger partial charge >= 0.3 is 0 Å². The van der Waals surface area contributed by atoms with Crippen LogP contribution in [-0.4, -0.2) is 23.5 Å². The topological polar surface area (TPSA) is 29.1 Å². The van der Waals surface area contributed by atoms with Crippen molar-refractivity contribution in [2.24, 2.45) is 0 Å². The monoisotopic (exact) mass is 397 g/mol. The summed E-state index contributed by atoms with van der Waals surface area (Å²) in [7, 11) is 0. The van der Waals surface area contributed by atoms with Crippen LogP contribution in [0.15, 0.2) is 53.4 Å². The number of thioether (sulfide) groups is 2. The summed E-state index contributed by atoms with van der Waals surface area (Å²) in [6, 6.07) is 14.3. The van der Waals surface area contributed by atoms with Crippen molar-refractivity contribution in [1.29, 1.82) is 0 Å². The molecule has 1 N–H and O–H groups in total. The molecule has 0 fully saturated rings. The standard InChI is InChI=1S/C19H21ClFNOS2/c1-2-18(25-16-9-7-15(20)8-10-16)19(23)22-11-12-24-13-14-5-3-4-6-17(14)21/h3-10,18H,2,11-13H2,1H3,(H,22,23)/t18-/m1/s1. The van der Waals surface area contributed by atoms with Crippen LogP contribution >= 0.6 is 35.1 Å². The molecule has 0 radical (unpaired) electrons. The maximum Gasteiger partial charge on any atom is 0.233 e. The summed E-state index contributed by atoms with van der Waals surface area (Å²) in [6.45, 7) is 2.58. The Bertz CT molecular complexity index is 681. The predicted octanol–water partition coefficient (Wildman–Crippen LogP) is 5.40. The van der Waals surface area contributed by atoms with E-state index in [9.17, 15) is 9.18 Å². The summed E-state index contributed by atoms with van der Waals surface area (Å²) in [4.78, 5) is 13.3. The van der Waals surface area contributed by atoms with Crippen molar-refractivity contribution < 1.29 is 9.18 Å². The summed E-state index contributed by atoms with van der Waals surface area (Å²) in [6.07, 6.45) is 0.751. The second kappa shape index (κ2) is 10.7. The van der Waals surface area contributed by atoms with Crippen molar-refractivity contribution in [2.75, 3.05) is 12.3 Å².